The summed E-state index contributed by atoms with van der Waals surface area (Å²) in [6, 6.07) is 1.12. The highest BCUT2D eigenvalue weighted by Crippen LogP contribution is 2.17. The highest BCUT2D eigenvalue weighted by atomic mass is 16.5. The van der Waals surface area contributed by atoms with Crippen LogP contribution in [-0.2, 0) is 4.74 Å². The van der Waals surface area contributed by atoms with Crippen molar-refractivity contribution >= 4 is 12.0 Å². The van der Waals surface area contributed by atoms with Crippen LogP contribution in [0.3, 0.4) is 0 Å². The summed E-state index contributed by atoms with van der Waals surface area (Å²) in [7, 11) is 0. The topological polar surface area (TPSA) is 58.8 Å². The Morgan fingerprint density at radius 3 is 2.70 bits per heavy atom. The molecule has 0 spiro atoms. The third kappa shape index (κ3) is 3.30. The molecule has 1 fully saturated rings. The monoisotopic (exact) mass is 281 g/mol. The van der Waals surface area contributed by atoms with E-state index >= 15 is 0 Å². The third-order valence-corrected chi connectivity index (χ3v) is 3.78. The minimum absolute atomic E-state index is 0.242. The number of oxazole rings is 1. The second-order valence-electron chi connectivity index (χ2n) is 5.02. The zero-order chi connectivity index (χ0) is 14.5. The summed E-state index contributed by atoms with van der Waals surface area (Å²) >= 11 is 0. The molecule has 1 aromatic rings. The average molecular weight is 281 g/mol. The maximum Gasteiger partial charge on any atom is 0.360 e. The molecule has 2 rings (SSSR count). The molecule has 6 nitrogen and oxygen atoms in total. The predicted molar refractivity (Wildman–Crippen MR) is 76.0 cm³/mol. The van der Waals surface area contributed by atoms with Crippen LogP contribution < -0.4 is 4.90 Å². The van der Waals surface area contributed by atoms with Crippen LogP contribution in [-0.4, -0.2) is 54.7 Å². The van der Waals surface area contributed by atoms with E-state index in [1.54, 1.807) is 6.92 Å². The number of esters is 1. The Labute approximate surface area is 119 Å². The fraction of sp³-hybridized carbons (Fsp3) is 0.714. The highest BCUT2D eigenvalue weighted by molar-refractivity contribution is 5.87. The van der Waals surface area contributed by atoms with Crippen molar-refractivity contribution in [2.24, 2.45) is 0 Å². The van der Waals surface area contributed by atoms with Crippen molar-refractivity contribution in [1.29, 1.82) is 0 Å². The number of rotatable bonds is 5. The number of hydrogen-bond acceptors (Lipinski definition) is 6. The van der Waals surface area contributed by atoms with E-state index in [1.807, 2.05) is 0 Å². The second-order valence-corrected chi connectivity index (χ2v) is 5.02. The molecule has 1 unspecified atom stereocenters. The molecule has 6 heteroatoms. The van der Waals surface area contributed by atoms with Gasteiger partial charge >= 0.3 is 5.97 Å². The van der Waals surface area contributed by atoms with Crippen molar-refractivity contribution in [2.45, 2.75) is 33.2 Å². The van der Waals surface area contributed by atoms with Gasteiger partial charge in [0.25, 0.3) is 6.01 Å². The molecule has 20 heavy (non-hydrogen) atoms. The second kappa shape index (κ2) is 6.74. The summed E-state index contributed by atoms with van der Waals surface area (Å²) in [6.07, 6.45) is 2.53. The standard InChI is InChI=1S/C14H23N3O3/c1-4-11(3)16-6-8-17(9-7-16)14-15-12(10-20-14)13(18)19-5-2/h10-11H,4-9H2,1-3H3. The first kappa shape index (κ1) is 14.8. The Hall–Kier alpha value is -1.56. The van der Waals surface area contributed by atoms with Crippen LogP contribution in [0.1, 0.15) is 37.7 Å². The Balaban J connectivity index is 1.92. The average Bonchev–Trinajstić information content (AvgIpc) is 2.97. The Bertz CT molecular complexity index is 439. The largest absolute Gasteiger partial charge is 0.461 e. The van der Waals surface area contributed by atoms with E-state index in [-0.39, 0.29) is 5.69 Å². The quantitative estimate of drug-likeness (QED) is 0.767. The summed E-state index contributed by atoms with van der Waals surface area (Å²) in [6.45, 7) is 10.3. The molecule has 1 atom stereocenters. The minimum atomic E-state index is -0.430. The number of carbonyl (C=O) groups is 1. The lowest BCUT2D eigenvalue weighted by molar-refractivity contribution is 0.0519. The van der Waals surface area contributed by atoms with Crippen LogP contribution in [0.5, 0.6) is 0 Å². The molecule has 0 bridgehead atoms. The molecule has 0 N–H and O–H groups in total. The highest BCUT2D eigenvalue weighted by Gasteiger charge is 2.24. The zero-order valence-electron chi connectivity index (χ0n) is 12.5. The van der Waals surface area contributed by atoms with Crippen molar-refractivity contribution < 1.29 is 13.9 Å². The Morgan fingerprint density at radius 2 is 2.10 bits per heavy atom. The lowest BCUT2D eigenvalue weighted by Crippen LogP contribution is -2.49. The van der Waals surface area contributed by atoms with Gasteiger partial charge in [0.15, 0.2) is 5.69 Å². The van der Waals surface area contributed by atoms with Crippen LogP contribution in [0.2, 0.25) is 0 Å². The van der Waals surface area contributed by atoms with Crippen LogP contribution in [0, 0.1) is 0 Å². The first-order chi connectivity index (χ1) is 9.65. The summed E-state index contributed by atoms with van der Waals surface area (Å²) in [5, 5.41) is 0. The number of anilines is 1. The van der Waals surface area contributed by atoms with Gasteiger partial charge in [-0.3, -0.25) is 4.90 Å². The van der Waals surface area contributed by atoms with Gasteiger partial charge in [0.05, 0.1) is 6.61 Å². The molecule has 0 amide bonds. The van der Waals surface area contributed by atoms with Gasteiger partial charge in [-0.2, -0.15) is 4.98 Å². The first-order valence-corrected chi connectivity index (χ1v) is 7.27. The van der Waals surface area contributed by atoms with Crippen molar-refractivity contribution in [2.75, 3.05) is 37.7 Å². The van der Waals surface area contributed by atoms with Crippen LogP contribution >= 0.6 is 0 Å². The van der Waals surface area contributed by atoms with Gasteiger partial charge in [0.1, 0.15) is 6.26 Å². The molecule has 112 valence electrons. The van der Waals surface area contributed by atoms with E-state index in [4.69, 9.17) is 9.15 Å². The Kier molecular flexibility index (Phi) is 5.00. The number of ether oxygens (including phenoxy) is 1. The lowest BCUT2D eigenvalue weighted by atomic mass is 10.2. The van der Waals surface area contributed by atoms with Crippen LogP contribution in [0.25, 0.3) is 0 Å². The molecule has 0 saturated carbocycles. The Morgan fingerprint density at radius 1 is 1.40 bits per heavy atom. The fourth-order valence-corrected chi connectivity index (χ4v) is 2.32. The van der Waals surface area contributed by atoms with Crippen molar-refractivity contribution in [3.63, 3.8) is 0 Å². The van der Waals surface area contributed by atoms with Gasteiger partial charge in [0, 0.05) is 32.2 Å². The molecule has 1 aliphatic rings. The lowest BCUT2D eigenvalue weighted by Gasteiger charge is -2.37. The number of piperazine rings is 1. The molecule has 0 aromatic carbocycles. The maximum atomic E-state index is 11.5. The van der Waals surface area contributed by atoms with Crippen molar-refractivity contribution in [3.8, 4) is 0 Å². The van der Waals surface area contributed by atoms with Gasteiger partial charge in [-0.1, -0.05) is 6.92 Å². The summed E-state index contributed by atoms with van der Waals surface area (Å²) in [4.78, 5) is 20.3. The minimum Gasteiger partial charge on any atom is -0.461 e. The smallest absolute Gasteiger partial charge is 0.360 e. The summed E-state index contributed by atoms with van der Waals surface area (Å²) in [5.41, 5.74) is 0.242. The zero-order valence-corrected chi connectivity index (χ0v) is 12.5. The molecule has 1 aromatic heterocycles. The molecular formula is C14H23N3O3. The SMILES string of the molecule is CCOC(=O)c1coc(N2CCN(C(C)CC)CC2)n1. The van der Waals surface area contributed by atoms with E-state index < -0.39 is 5.97 Å². The summed E-state index contributed by atoms with van der Waals surface area (Å²) in [5.74, 6) is -0.430. The first-order valence-electron chi connectivity index (χ1n) is 7.27. The molecule has 2 heterocycles. The summed E-state index contributed by atoms with van der Waals surface area (Å²) < 4.78 is 10.3. The molecule has 0 radical (unpaired) electrons. The van der Waals surface area contributed by atoms with E-state index in [2.05, 4.69) is 28.6 Å². The van der Waals surface area contributed by atoms with Gasteiger partial charge in [-0.25, -0.2) is 4.79 Å². The maximum absolute atomic E-state index is 11.5. The van der Waals surface area contributed by atoms with E-state index in [9.17, 15) is 4.79 Å². The van der Waals surface area contributed by atoms with Crippen molar-refractivity contribution in [3.05, 3.63) is 12.0 Å². The normalized spacial score (nSPS) is 18.1. The van der Waals surface area contributed by atoms with Crippen molar-refractivity contribution in [1.82, 2.24) is 9.88 Å². The molecule has 1 aliphatic heterocycles. The molecular weight excluding hydrogens is 258 g/mol. The van der Waals surface area contributed by atoms with Gasteiger partial charge in [0.2, 0.25) is 0 Å². The number of carbonyl (C=O) groups excluding carboxylic acids is 1. The van der Waals surface area contributed by atoms with E-state index in [0.717, 1.165) is 32.6 Å². The molecule has 1 saturated heterocycles. The van der Waals surface area contributed by atoms with Crippen LogP contribution in [0.4, 0.5) is 6.01 Å². The van der Waals surface area contributed by atoms with Gasteiger partial charge in [-0.05, 0) is 20.3 Å². The van der Waals surface area contributed by atoms with E-state index in [1.165, 1.54) is 6.26 Å². The van der Waals surface area contributed by atoms with Gasteiger partial charge < -0.3 is 14.1 Å². The van der Waals surface area contributed by atoms with Crippen LogP contribution in [0.15, 0.2) is 10.7 Å². The number of aromatic nitrogens is 1. The van der Waals surface area contributed by atoms with E-state index in [0.29, 0.717) is 18.7 Å². The molecule has 0 aliphatic carbocycles. The fourth-order valence-electron chi connectivity index (χ4n) is 2.32. The third-order valence-electron chi connectivity index (χ3n) is 3.78. The number of nitrogens with zero attached hydrogens (tertiary/aromatic N) is 3. The predicted octanol–water partition coefficient (Wildman–Crippen LogP) is 1.77. The number of hydrogen-bond donors (Lipinski definition) is 0. The van der Waals surface area contributed by atoms with Gasteiger partial charge in [-0.15, -0.1) is 0 Å².